The van der Waals surface area contributed by atoms with E-state index in [1.54, 1.807) is 12.2 Å². The van der Waals surface area contributed by atoms with E-state index >= 15 is 0 Å². The Balaban J connectivity index is 1.45. The van der Waals surface area contributed by atoms with Gasteiger partial charge in [-0.05, 0) is 25.8 Å². The number of carbonyl (C=O) groups excluding carboxylic acids is 5. The Bertz CT molecular complexity index is 1400. The van der Waals surface area contributed by atoms with Crippen molar-refractivity contribution < 1.29 is 42.9 Å². The summed E-state index contributed by atoms with van der Waals surface area (Å²) in [5.41, 5.74) is -0.267. The number of amides is 2. The summed E-state index contributed by atoms with van der Waals surface area (Å²) >= 11 is 0. The van der Waals surface area contributed by atoms with Gasteiger partial charge in [-0.3, -0.25) is 35.3 Å². The zero-order valence-electron chi connectivity index (χ0n) is 25.1. The highest BCUT2D eigenvalue weighted by molar-refractivity contribution is 6.07. The first-order valence-corrected chi connectivity index (χ1v) is 14.8. The normalized spacial score (nSPS) is 42.4. The molecule has 2 saturated carbocycles. The highest BCUT2D eigenvalue weighted by Crippen LogP contribution is 2.76. The van der Waals surface area contributed by atoms with Crippen molar-refractivity contribution in [3.05, 3.63) is 36.0 Å². The van der Waals surface area contributed by atoms with Crippen LogP contribution in [0, 0.1) is 28.6 Å². The van der Waals surface area contributed by atoms with Crippen LogP contribution in [0.5, 0.6) is 0 Å². The highest BCUT2D eigenvalue weighted by atomic mass is 16.6. The van der Waals surface area contributed by atoms with Gasteiger partial charge in [0.15, 0.2) is 0 Å². The zero-order chi connectivity index (χ0) is 31.3. The predicted octanol–water partition coefficient (Wildman–Crippen LogP) is 1.25. The number of imide groups is 1. The molecule has 6 aliphatic rings. The Morgan fingerprint density at radius 2 is 1.93 bits per heavy atom. The molecule has 9 atom stereocenters. The first kappa shape index (κ1) is 29.7. The van der Waals surface area contributed by atoms with Crippen LogP contribution < -0.4 is 11.3 Å². The smallest absolute Gasteiger partial charge is 0.330 e. The van der Waals surface area contributed by atoms with Gasteiger partial charge in [0.25, 0.3) is 5.91 Å². The molecule has 4 aliphatic heterocycles. The van der Waals surface area contributed by atoms with Gasteiger partial charge in [-0.15, -0.1) is 0 Å². The van der Waals surface area contributed by atoms with Crippen molar-refractivity contribution >= 4 is 29.7 Å². The third-order valence-corrected chi connectivity index (χ3v) is 11.0. The van der Waals surface area contributed by atoms with Gasteiger partial charge in [-0.25, -0.2) is 4.79 Å². The van der Waals surface area contributed by atoms with Gasteiger partial charge in [-0.1, -0.05) is 32.6 Å². The van der Waals surface area contributed by atoms with E-state index in [1.165, 1.54) is 17.9 Å². The molecule has 2 saturated heterocycles. The number of allylic oxidation sites excluding steroid dienone is 1. The first-order chi connectivity index (χ1) is 20.1. The maximum absolute atomic E-state index is 13.7. The number of hydrogen-bond donors (Lipinski definition) is 2. The maximum atomic E-state index is 13.7. The molecule has 12 heteroatoms. The number of nitrogens with two attached hydrogens (primary N) is 1. The van der Waals surface area contributed by atoms with Crippen molar-refractivity contribution in [2.75, 3.05) is 13.1 Å². The summed E-state index contributed by atoms with van der Waals surface area (Å²) in [6, 6.07) is 0. The zero-order valence-corrected chi connectivity index (χ0v) is 25.1. The lowest BCUT2D eigenvalue weighted by molar-refractivity contribution is -0.205. The van der Waals surface area contributed by atoms with Gasteiger partial charge in [0.1, 0.15) is 23.4 Å². The quantitative estimate of drug-likeness (QED) is 0.113. The minimum atomic E-state index is -1.07. The molecule has 4 fully saturated rings. The van der Waals surface area contributed by atoms with Gasteiger partial charge >= 0.3 is 17.9 Å². The van der Waals surface area contributed by atoms with Crippen LogP contribution in [0.2, 0.25) is 0 Å². The van der Waals surface area contributed by atoms with Gasteiger partial charge in [0.2, 0.25) is 5.91 Å². The fourth-order valence-corrected chi connectivity index (χ4v) is 9.24. The van der Waals surface area contributed by atoms with E-state index < -0.39 is 63.9 Å². The molecule has 1 unspecified atom stereocenters. The second kappa shape index (κ2) is 9.57. The van der Waals surface area contributed by atoms with E-state index in [0.29, 0.717) is 17.6 Å². The van der Waals surface area contributed by atoms with Crippen LogP contribution >= 0.6 is 0 Å². The molecule has 1 spiro atoms. The predicted molar refractivity (Wildman–Crippen MR) is 149 cm³/mol. The van der Waals surface area contributed by atoms with Crippen molar-refractivity contribution in [2.24, 2.45) is 34.4 Å². The fraction of sp³-hybridized carbons (Fsp3) is 0.645. The Hall–Kier alpha value is -3.35. The topological polar surface area (TPSA) is 167 Å². The second-order valence-electron chi connectivity index (χ2n) is 13.6. The van der Waals surface area contributed by atoms with Crippen LogP contribution in [0.15, 0.2) is 36.0 Å². The number of hydrazine groups is 1. The molecule has 6 rings (SSSR count). The average Bonchev–Trinajstić information content (AvgIpc) is 3.35. The molecular weight excluding hydrogens is 558 g/mol. The van der Waals surface area contributed by atoms with Crippen LogP contribution in [0.25, 0.3) is 0 Å². The summed E-state index contributed by atoms with van der Waals surface area (Å²) in [5, 5.41) is 0. The first-order valence-electron chi connectivity index (χ1n) is 14.8. The van der Waals surface area contributed by atoms with Gasteiger partial charge in [0.05, 0.1) is 17.9 Å². The van der Waals surface area contributed by atoms with E-state index in [0.717, 1.165) is 0 Å². The molecule has 4 heterocycles. The molecule has 43 heavy (non-hydrogen) atoms. The summed E-state index contributed by atoms with van der Waals surface area (Å²) in [4.78, 5) is 66.1. The molecule has 0 aromatic heterocycles. The molecule has 0 aromatic carbocycles. The Morgan fingerprint density at radius 1 is 1.21 bits per heavy atom. The van der Waals surface area contributed by atoms with Crippen molar-refractivity contribution in [1.29, 1.82) is 0 Å². The molecule has 12 nitrogen and oxygen atoms in total. The molecule has 0 aromatic rings. The van der Waals surface area contributed by atoms with Crippen LogP contribution in [0.3, 0.4) is 0 Å². The Labute approximate surface area is 249 Å². The van der Waals surface area contributed by atoms with E-state index in [-0.39, 0.29) is 49.8 Å². The number of ether oxygens (including phenoxy) is 4. The number of hydrogen-bond acceptors (Lipinski definition) is 11. The number of fused-ring (bicyclic) bond motifs is 1. The van der Waals surface area contributed by atoms with Crippen LogP contribution in [-0.2, 0) is 42.9 Å². The third kappa shape index (κ3) is 3.95. The molecular formula is C31H39N3O9. The van der Waals surface area contributed by atoms with E-state index in [1.807, 2.05) is 27.7 Å². The van der Waals surface area contributed by atoms with E-state index in [9.17, 15) is 24.0 Å². The number of nitrogens with zero attached hydrogens (tertiary/aromatic N) is 1. The van der Waals surface area contributed by atoms with Gasteiger partial charge in [0, 0.05) is 61.3 Å². The monoisotopic (exact) mass is 597 g/mol. The minimum absolute atomic E-state index is 0.0584. The second-order valence-corrected chi connectivity index (χ2v) is 13.6. The minimum Gasteiger partial charge on any atom is -0.459 e. The number of cyclic esters (lactones) is 1. The largest absolute Gasteiger partial charge is 0.459 e. The summed E-state index contributed by atoms with van der Waals surface area (Å²) in [6.45, 7) is 13.7. The summed E-state index contributed by atoms with van der Waals surface area (Å²) in [7, 11) is 0. The lowest BCUT2D eigenvalue weighted by Gasteiger charge is -2.57. The Morgan fingerprint density at radius 3 is 2.56 bits per heavy atom. The molecule has 3 N–H and O–H groups in total. The summed E-state index contributed by atoms with van der Waals surface area (Å²) < 4.78 is 24.4. The maximum Gasteiger partial charge on any atom is 0.330 e. The standard InChI is InChI=1S/C31H39N3O9/c1-15-24-25(41-22(37)7-10-29(24,5)19-14-23(38)43-28(19,3)4)26(40-16(2)35)30(6)18(13-20-31(15,30)42-20)17-9-12-34(27(17)39)21(36)8-11-33-32/h7,9-10,18-20,24-26,33H,1,8,11-14,32H2,2-6H3/t18-,19-,20+,24?,25+,26-,29-,30+,31+/m0/s1. The molecule has 2 aliphatic carbocycles. The number of epoxide rings is 1. The molecule has 2 amide bonds. The van der Waals surface area contributed by atoms with Crippen molar-refractivity contribution in [1.82, 2.24) is 10.3 Å². The fourth-order valence-electron chi connectivity index (χ4n) is 9.24. The highest BCUT2D eigenvalue weighted by Gasteiger charge is 2.84. The van der Waals surface area contributed by atoms with Crippen molar-refractivity contribution in [2.45, 2.75) is 83.4 Å². The molecule has 0 radical (unpaired) electrons. The van der Waals surface area contributed by atoms with Gasteiger partial charge in [-0.2, -0.15) is 0 Å². The number of nitrogens with one attached hydrogen (secondary N) is 1. The molecule has 232 valence electrons. The van der Waals surface area contributed by atoms with Crippen LogP contribution in [-0.4, -0.2) is 77.2 Å². The van der Waals surface area contributed by atoms with Crippen molar-refractivity contribution in [3.63, 3.8) is 0 Å². The summed E-state index contributed by atoms with van der Waals surface area (Å²) in [6.07, 6.45) is 3.13. The van der Waals surface area contributed by atoms with Crippen LogP contribution in [0.4, 0.5) is 0 Å². The van der Waals surface area contributed by atoms with Gasteiger partial charge < -0.3 is 18.9 Å². The Kier molecular flexibility index (Phi) is 6.61. The summed E-state index contributed by atoms with van der Waals surface area (Å²) in [5.74, 6) is 1.57. The van der Waals surface area contributed by atoms with E-state index in [4.69, 9.17) is 24.8 Å². The SMILES string of the molecule is C=C1C2[C@@H](OC(=O)C=C[C@@]2(C)[C@H]2CC(=O)OC2(C)C)[C@H](OC(C)=O)[C@@]2(C)[C@H](C3=CCN(C(=O)CCNN)C3=O)C[C@H]3O[C@]132. The number of esters is 3. The number of carbonyl (C=O) groups is 5. The lowest BCUT2D eigenvalue weighted by Crippen LogP contribution is -2.66. The molecule has 0 bridgehead atoms. The van der Waals surface area contributed by atoms with E-state index in [2.05, 4.69) is 12.0 Å². The van der Waals surface area contributed by atoms with Crippen LogP contribution in [0.1, 0.15) is 53.9 Å². The lowest BCUT2D eigenvalue weighted by atomic mass is 9.49. The average molecular weight is 598 g/mol. The third-order valence-electron chi connectivity index (χ3n) is 11.0. The number of rotatable bonds is 6. The van der Waals surface area contributed by atoms with Crippen molar-refractivity contribution in [3.8, 4) is 0 Å².